The number of aliphatic hydroxyl groups is 4. The third kappa shape index (κ3) is 13.6. The smallest absolute Gasteiger partial charge is 0.308 e. The van der Waals surface area contributed by atoms with E-state index in [9.17, 15) is 34.8 Å². The Morgan fingerprint density at radius 1 is 0.951 bits per heavy atom. The Labute approximate surface area is 359 Å². The molecular weight excluding hydrogens is 796 g/mol. The molecule has 346 valence electrons. The number of ether oxygens (including phenoxy) is 7. The standard InChI is InChI=1S/C43H70N4O14/c1-10-33-29(22-57-43-41(56-9)40(55-8)37(53)27(6)59-43)18-23(2)13-14-31(49)24(3)19-28(15-17-48)39(25(4)32(50)20-34(51)60-33)61-42-38(54)35(36(52)26(5)58-42)47(7)16-11-12-30-21-44-46-45-30/h13-14,17-18,21,24-29,32-33,35-43,50,52-54H,10-12,15-16,19-20,22H2,1-9H3,(H,44,45,46)/p+1/b14-13+,23-18+/t24-,25+,26?,27?,28+,29-,32-,33-,35?,36?,37?,38?,39-,40?,41?,42?,43?/m1/s1. The van der Waals surface area contributed by atoms with Crippen LogP contribution in [0.4, 0.5) is 0 Å². The minimum Gasteiger partial charge on any atom is -0.462 e. The fourth-order valence-corrected chi connectivity index (χ4v) is 8.72. The van der Waals surface area contributed by atoms with Crippen LogP contribution in [-0.2, 0) is 47.5 Å². The maximum Gasteiger partial charge on any atom is 0.308 e. The van der Waals surface area contributed by atoms with Crippen molar-refractivity contribution in [1.82, 2.24) is 4.90 Å². The number of hydrogen-bond donors (Lipinski definition) is 5. The zero-order valence-electron chi connectivity index (χ0n) is 37.1. The Balaban J connectivity index is 1.59. The lowest BCUT2D eigenvalue weighted by molar-refractivity contribution is -0.595. The summed E-state index contributed by atoms with van der Waals surface area (Å²) in [6.07, 6.45) is -2.56. The van der Waals surface area contributed by atoms with Gasteiger partial charge < -0.3 is 58.4 Å². The molecular formula is C43H71N4O14+. The summed E-state index contributed by atoms with van der Waals surface area (Å²) in [7, 11) is 4.73. The number of quaternary nitrogens is 1. The van der Waals surface area contributed by atoms with Gasteiger partial charge in [0.25, 0.3) is 0 Å². The summed E-state index contributed by atoms with van der Waals surface area (Å²) in [6, 6.07) is -0.795. The van der Waals surface area contributed by atoms with E-state index in [0.717, 1.165) is 12.0 Å². The number of aldehydes is 1. The first kappa shape index (κ1) is 50.8. The highest BCUT2D eigenvalue weighted by Gasteiger charge is 2.48. The van der Waals surface area contributed by atoms with Gasteiger partial charge in [-0.2, -0.15) is 5.43 Å². The predicted octanol–water partition coefficient (Wildman–Crippen LogP) is 1.50. The Morgan fingerprint density at radius 2 is 1.64 bits per heavy atom. The molecule has 0 aliphatic carbocycles. The predicted molar refractivity (Wildman–Crippen MR) is 219 cm³/mol. The molecule has 0 bridgehead atoms. The molecule has 17 atom stereocenters. The summed E-state index contributed by atoms with van der Waals surface area (Å²) in [5, 5.41) is 53.3. The van der Waals surface area contributed by atoms with Gasteiger partial charge in [0, 0.05) is 43.6 Å². The Bertz CT molecular complexity index is 1550. The molecule has 4 rings (SSSR count). The normalized spacial score (nSPS) is 40.9. The van der Waals surface area contributed by atoms with E-state index in [1.807, 2.05) is 31.0 Å². The number of nitrogens with zero attached hydrogens (tertiary/aromatic N) is 3. The molecule has 18 nitrogen and oxygen atoms in total. The zero-order chi connectivity index (χ0) is 45.0. The van der Waals surface area contributed by atoms with E-state index in [-0.39, 0.29) is 25.2 Å². The fraction of sp³-hybridized carbons (Fsp3) is 0.791. The van der Waals surface area contributed by atoms with E-state index in [2.05, 4.69) is 10.3 Å². The van der Waals surface area contributed by atoms with Gasteiger partial charge in [-0.1, -0.05) is 43.6 Å². The summed E-state index contributed by atoms with van der Waals surface area (Å²) < 4.78 is 42.1. The number of carbonyl (C=O) groups excluding carboxylic acids is 3. The number of ketones is 1. The van der Waals surface area contributed by atoms with Crippen LogP contribution in [0.2, 0.25) is 0 Å². The van der Waals surface area contributed by atoms with Crippen LogP contribution in [0.15, 0.2) is 46.0 Å². The molecule has 0 amide bonds. The van der Waals surface area contributed by atoms with Gasteiger partial charge in [-0.3, -0.25) is 14.5 Å². The fourth-order valence-electron chi connectivity index (χ4n) is 8.72. The maximum absolute atomic E-state index is 13.7. The molecule has 2 saturated heterocycles. The molecule has 4 aliphatic heterocycles. The summed E-state index contributed by atoms with van der Waals surface area (Å²) in [4.78, 5) is 41.4. The van der Waals surface area contributed by atoms with Crippen molar-refractivity contribution < 1.29 is 73.4 Å². The highest BCUT2D eigenvalue weighted by Crippen LogP contribution is 2.35. The van der Waals surface area contributed by atoms with Crippen molar-refractivity contribution in [1.29, 1.82) is 0 Å². The van der Waals surface area contributed by atoms with E-state index in [4.69, 9.17) is 33.2 Å². The van der Waals surface area contributed by atoms with E-state index in [1.54, 1.807) is 46.2 Å². The third-order valence-electron chi connectivity index (χ3n) is 12.5. The van der Waals surface area contributed by atoms with Gasteiger partial charge in [-0.15, -0.1) is 0 Å². The molecule has 10 unspecified atom stereocenters. The van der Waals surface area contributed by atoms with Gasteiger partial charge in [-0.25, -0.2) is 0 Å². The third-order valence-corrected chi connectivity index (χ3v) is 12.5. The van der Waals surface area contributed by atoms with Crippen molar-refractivity contribution in [2.24, 2.45) is 34.0 Å². The quantitative estimate of drug-likeness (QED) is 0.0891. The van der Waals surface area contributed by atoms with Crippen LogP contribution in [0, 0.1) is 23.7 Å². The first-order chi connectivity index (χ1) is 29.0. The number of allylic oxidation sites excluding steroid dienone is 4. The minimum absolute atomic E-state index is 0.00319. The van der Waals surface area contributed by atoms with Crippen molar-refractivity contribution in [3.63, 3.8) is 0 Å². The van der Waals surface area contributed by atoms with Crippen molar-refractivity contribution in [2.75, 3.05) is 34.4 Å². The molecule has 0 spiro atoms. The van der Waals surface area contributed by atoms with Gasteiger partial charge in [-0.05, 0) is 72.0 Å². The Morgan fingerprint density at radius 3 is 2.28 bits per heavy atom. The second-order valence-electron chi connectivity index (χ2n) is 17.0. The lowest BCUT2D eigenvalue weighted by Crippen LogP contribution is -2.69. The average Bonchev–Trinajstić information content (AvgIpc) is 3.75. The van der Waals surface area contributed by atoms with Crippen molar-refractivity contribution in [3.8, 4) is 0 Å². The molecule has 6 N–H and O–H groups in total. The zero-order valence-corrected chi connectivity index (χ0v) is 37.1. The Hall–Kier alpha value is -2.85. The molecule has 0 radical (unpaired) electrons. The largest absolute Gasteiger partial charge is 0.462 e. The molecule has 2 fully saturated rings. The summed E-state index contributed by atoms with van der Waals surface area (Å²) in [5.41, 5.74) is 3.16. The van der Waals surface area contributed by atoms with Gasteiger partial charge in [0.2, 0.25) is 0 Å². The first-order valence-corrected chi connectivity index (χ1v) is 21.6. The van der Waals surface area contributed by atoms with E-state index in [1.165, 1.54) is 20.3 Å². The molecule has 0 aromatic carbocycles. The number of esters is 1. The van der Waals surface area contributed by atoms with Gasteiger partial charge in [0.05, 0.1) is 49.6 Å². The lowest BCUT2D eigenvalue weighted by Gasteiger charge is -2.47. The van der Waals surface area contributed by atoms with Gasteiger partial charge in [0.15, 0.2) is 18.4 Å². The van der Waals surface area contributed by atoms with Crippen molar-refractivity contribution in [2.45, 2.75) is 160 Å². The van der Waals surface area contributed by atoms with Crippen LogP contribution in [-0.4, -0.2) is 157 Å². The number of carbonyl (C=O) groups is 3. The topological polar surface area (TPSA) is 241 Å². The molecule has 0 aromatic heterocycles. The highest BCUT2D eigenvalue weighted by atomic mass is 16.7. The number of likely N-dealkylation sites (N-methyl/N-ethyl adjacent to an activating group) is 1. The molecule has 61 heavy (non-hydrogen) atoms. The number of methoxy groups -OCH3 is 2. The van der Waals surface area contributed by atoms with Gasteiger partial charge >= 0.3 is 5.97 Å². The molecule has 0 aromatic rings. The second kappa shape index (κ2) is 24.3. The van der Waals surface area contributed by atoms with Crippen LogP contribution in [0.3, 0.4) is 0 Å². The van der Waals surface area contributed by atoms with Crippen LogP contribution >= 0.6 is 0 Å². The van der Waals surface area contributed by atoms with E-state index in [0.29, 0.717) is 31.4 Å². The average molecular weight is 868 g/mol. The lowest BCUT2D eigenvalue weighted by atomic mass is 9.79. The molecule has 4 aliphatic rings. The van der Waals surface area contributed by atoms with Crippen LogP contribution in [0.25, 0.3) is 0 Å². The maximum atomic E-state index is 13.7. The summed E-state index contributed by atoms with van der Waals surface area (Å²) >= 11 is 0. The van der Waals surface area contributed by atoms with Gasteiger partial charge in [0.1, 0.15) is 48.7 Å². The molecule has 18 heteroatoms. The summed E-state index contributed by atoms with van der Waals surface area (Å²) in [6.45, 7) is 11.0. The second-order valence-corrected chi connectivity index (χ2v) is 17.0. The van der Waals surface area contributed by atoms with Crippen molar-refractivity contribution in [3.05, 3.63) is 35.7 Å². The van der Waals surface area contributed by atoms with Crippen LogP contribution in [0.5, 0.6) is 0 Å². The number of nitrogens with two attached hydrogens (primary N) is 1. The number of aliphatic hydroxyl groups excluding tert-OH is 4. The number of hydrogen-bond acceptors (Lipinski definition) is 17. The molecule has 0 saturated carbocycles. The van der Waals surface area contributed by atoms with E-state index >= 15 is 0 Å². The van der Waals surface area contributed by atoms with E-state index < -0.39 is 116 Å². The SMILES string of the molecule is CC[C@H]1OC(=O)C[C@@H](O)[C@H](C)[C@@H](OC2OC(C)C(O)C(N(C)CCCC3=C[NH2+]N=N3)C2O)[C@@H](CC=O)C[C@@H](C)C(=O)/C=C/C(C)=C/[C@@H]1COC1OC(C)C(O)C(OC)C1OC. The monoisotopic (exact) mass is 867 g/mol. The first-order valence-electron chi connectivity index (χ1n) is 21.6. The number of rotatable bonds is 15. The highest BCUT2D eigenvalue weighted by molar-refractivity contribution is 5.91. The van der Waals surface area contributed by atoms with Crippen LogP contribution in [0.1, 0.15) is 80.1 Å². The number of cyclic esters (lactones) is 1. The summed E-state index contributed by atoms with van der Waals surface area (Å²) in [5.74, 6) is -3.48. The minimum atomic E-state index is -1.35. The Kier molecular flexibility index (Phi) is 20.2. The van der Waals surface area contributed by atoms with Crippen molar-refractivity contribution >= 4 is 18.0 Å². The van der Waals surface area contributed by atoms with Crippen LogP contribution < -0.4 is 5.43 Å². The molecule has 4 heterocycles.